The summed E-state index contributed by atoms with van der Waals surface area (Å²) in [6, 6.07) is 0. The van der Waals surface area contributed by atoms with Gasteiger partial charge in [0.25, 0.3) is 0 Å². The van der Waals surface area contributed by atoms with E-state index >= 15 is 0 Å². The van der Waals surface area contributed by atoms with Crippen LogP contribution in [0.25, 0.3) is 0 Å². The Bertz CT molecular complexity index is 28.8. The maximum absolute atomic E-state index is 0. The first-order valence-corrected chi connectivity index (χ1v) is 0. The first-order chi connectivity index (χ1) is 0. The van der Waals surface area contributed by atoms with Gasteiger partial charge in [-0.2, -0.15) is 0 Å². The van der Waals surface area contributed by atoms with Gasteiger partial charge in [0.2, 0.25) is 0 Å². The van der Waals surface area contributed by atoms with E-state index in [4.69, 9.17) is 0 Å². The third-order valence-corrected chi connectivity index (χ3v) is 0. The van der Waals surface area contributed by atoms with Gasteiger partial charge in [-0.1, -0.05) is 0 Å². The standard InChI is InChI=1S/ClH.Co.Cr.6H3N.3H2O.4O/h1H;;;6*1H3;3*1H2;;;;/q;+3;+6;;;;;;;;;;4*-2/p-1. The molecule has 24 N–H and O–H groups in total. The first kappa shape index (κ1) is 6420. The Labute approximate surface area is 122 Å². The molecule has 16 heavy (non-hydrogen) atoms. The largest absolute Gasteiger partial charge is 6.00 e. The van der Waals surface area contributed by atoms with Crippen LogP contribution in [0.5, 0.6) is 0 Å². The molecule has 0 aliphatic heterocycles. The van der Waals surface area contributed by atoms with Gasteiger partial charge in [0, 0.05) is 0 Å². The molecule has 0 aromatic carbocycles. The molecule has 0 amide bonds. The van der Waals surface area contributed by atoms with Gasteiger partial charge in [0.05, 0.1) is 0 Å². The van der Waals surface area contributed by atoms with Crippen molar-refractivity contribution in [3.05, 3.63) is 0 Å². The SMILES string of the molecule is N.N.N.N.N.N.O.O.O.[Cl-].[Co+3].[Cr+6].[O-2].[O-2].[O-2].[O-2]. The Morgan fingerprint density at radius 2 is 0.375 bits per heavy atom. The average molecular weight is 367 g/mol. The monoisotopic (exact) mass is 366 g/mol. The summed E-state index contributed by atoms with van der Waals surface area (Å²) in [7, 11) is 0. The second-order valence-electron chi connectivity index (χ2n) is 0. The molecular weight excluding hydrogens is 342 g/mol. The second-order valence-corrected chi connectivity index (χ2v) is 0. The van der Waals surface area contributed by atoms with Crippen molar-refractivity contribution >= 4 is 0 Å². The molecule has 0 radical (unpaired) electrons. The van der Waals surface area contributed by atoms with Crippen LogP contribution in [0.3, 0.4) is 0 Å². The summed E-state index contributed by atoms with van der Waals surface area (Å²) >= 11 is 0. The number of halogens is 1. The molecule has 0 aliphatic carbocycles. The van der Waals surface area contributed by atoms with E-state index in [9.17, 15) is 0 Å². The zero-order valence-electron chi connectivity index (χ0n) is 8.50. The Kier molecular flexibility index (Phi) is 2130000. The predicted octanol–water partition coefficient (Wildman–Crippen LogP) is -4.98. The number of rotatable bonds is 0. The minimum atomic E-state index is 0. The van der Waals surface area contributed by atoms with E-state index in [-0.39, 0.29) is 122 Å². The van der Waals surface area contributed by atoms with Crippen LogP contribution >= 0.6 is 0 Å². The smallest absolute Gasteiger partial charge is 2.00 e. The van der Waals surface area contributed by atoms with Gasteiger partial charge in [-0.3, -0.25) is 0 Å². The second kappa shape index (κ2) is 5300. The Hall–Kier alpha value is 0.809. The Morgan fingerprint density at radius 3 is 0.375 bits per heavy atom. The van der Waals surface area contributed by atoms with Gasteiger partial charge in [-0.15, -0.1) is 0 Å². The summed E-state index contributed by atoms with van der Waals surface area (Å²) < 4.78 is 0. The molecule has 13 nitrogen and oxygen atoms in total. The third kappa shape index (κ3) is 4320. The van der Waals surface area contributed by atoms with Crippen molar-refractivity contribution in [2.75, 3.05) is 0 Å². The van der Waals surface area contributed by atoms with Crippen molar-refractivity contribution < 1.29 is 84.9 Å². The molecule has 0 saturated carbocycles. The topological polar surface area (TPSA) is 418 Å². The van der Waals surface area contributed by atoms with Gasteiger partial charge < -0.3 is 87.6 Å². The van der Waals surface area contributed by atoms with Crippen molar-refractivity contribution in [1.82, 2.24) is 36.9 Å². The summed E-state index contributed by atoms with van der Waals surface area (Å²) in [5, 5.41) is 0. The summed E-state index contributed by atoms with van der Waals surface area (Å²) in [6.07, 6.45) is 0. The predicted molar refractivity (Wildman–Crippen MR) is 43.7 cm³/mol. The van der Waals surface area contributed by atoms with Gasteiger partial charge in [-0.05, 0) is 0 Å². The molecular formula is H24ClCoCrN6O7. The van der Waals surface area contributed by atoms with E-state index in [1.54, 1.807) is 0 Å². The molecule has 0 rings (SSSR count). The molecule has 0 aromatic heterocycles. The van der Waals surface area contributed by atoms with E-state index in [0.717, 1.165) is 0 Å². The minimum absolute atomic E-state index is 0. The fourth-order valence-corrected chi connectivity index (χ4v) is 0. The van der Waals surface area contributed by atoms with Crippen molar-refractivity contribution in [3.8, 4) is 0 Å². The maximum atomic E-state index is 0. The quantitative estimate of drug-likeness (QED) is 0.243. The summed E-state index contributed by atoms with van der Waals surface area (Å²) in [6.45, 7) is 0. The van der Waals surface area contributed by atoms with E-state index < -0.39 is 0 Å². The molecule has 0 spiro atoms. The van der Waals surface area contributed by atoms with Gasteiger partial charge >= 0.3 is 34.1 Å². The molecule has 0 heterocycles. The zero-order chi connectivity index (χ0) is 0. The summed E-state index contributed by atoms with van der Waals surface area (Å²) in [5.41, 5.74) is 0. The summed E-state index contributed by atoms with van der Waals surface area (Å²) in [4.78, 5) is 0. The van der Waals surface area contributed by atoms with Crippen molar-refractivity contribution in [1.29, 1.82) is 0 Å². The minimum Gasteiger partial charge on any atom is -2.00 e. The van der Waals surface area contributed by atoms with Gasteiger partial charge in [0.1, 0.15) is 0 Å². The maximum Gasteiger partial charge on any atom is 6.00 e. The first-order valence-electron chi connectivity index (χ1n) is 0. The normalized spacial score (nSPS) is 0. The Morgan fingerprint density at radius 1 is 0.375 bits per heavy atom. The van der Waals surface area contributed by atoms with E-state index in [1.807, 2.05) is 0 Å². The van der Waals surface area contributed by atoms with Crippen LogP contribution < -0.4 is 49.3 Å². The van der Waals surface area contributed by atoms with Crippen LogP contribution in [0.15, 0.2) is 0 Å². The van der Waals surface area contributed by atoms with Crippen LogP contribution in [-0.4, -0.2) is 16.4 Å². The molecule has 118 valence electrons. The molecule has 0 atom stereocenters. The van der Waals surface area contributed by atoms with Crippen molar-refractivity contribution in [3.63, 3.8) is 0 Å². The van der Waals surface area contributed by atoms with Crippen LogP contribution in [0.1, 0.15) is 0 Å². The molecule has 0 bridgehead atoms. The van der Waals surface area contributed by atoms with Crippen LogP contribution in [0.4, 0.5) is 0 Å². The van der Waals surface area contributed by atoms with Gasteiger partial charge in [0.15, 0.2) is 0 Å². The van der Waals surface area contributed by atoms with E-state index in [2.05, 4.69) is 0 Å². The van der Waals surface area contributed by atoms with E-state index in [0.29, 0.717) is 0 Å². The van der Waals surface area contributed by atoms with Crippen LogP contribution in [0.2, 0.25) is 0 Å². The molecule has 0 saturated heterocycles. The molecule has 0 aliphatic rings. The fourth-order valence-electron chi connectivity index (χ4n) is 0. The fraction of sp³-hybridized carbons (Fsp3) is 0. The van der Waals surface area contributed by atoms with Crippen LogP contribution in [-0.2, 0) is 56.0 Å². The molecule has 0 unspecified atom stereocenters. The van der Waals surface area contributed by atoms with Gasteiger partial charge in [-0.25, -0.2) is 0 Å². The zero-order valence-corrected chi connectivity index (χ0v) is 11.6. The molecule has 0 fully saturated rings. The van der Waals surface area contributed by atoms with Crippen molar-refractivity contribution in [2.45, 2.75) is 0 Å². The van der Waals surface area contributed by atoms with Crippen molar-refractivity contribution in [2.24, 2.45) is 0 Å². The number of hydrogen-bond acceptors (Lipinski definition) is 6. The summed E-state index contributed by atoms with van der Waals surface area (Å²) in [5.74, 6) is 0. The molecule has 0 aromatic rings. The van der Waals surface area contributed by atoms with Crippen LogP contribution in [0, 0.1) is 0 Å². The number of hydrogen-bond donors (Lipinski definition) is 6. The Balaban J connectivity index is 0. The average Bonchev–Trinajstić information content (AvgIpc) is 0. The van der Waals surface area contributed by atoms with E-state index in [1.165, 1.54) is 0 Å². The third-order valence-electron chi connectivity index (χ3n) is 0. The molecule has 16 heteroatoms.